The minimum absolute atomic E-state index is 0.405. The molecule has 0 aliphatic carbocycles. The van der Waals surface area contributed by atoms with Crippen LogP contribution in [0.4, 0.5) is 5.82 Å². The summed E-state index contributed by atoms with van der Waals surface area (Å²) in [6.45, 7) is 6.70. The molecule has 1 aliphatic heterocycles. The number of nitrogens with two attached hydrogens (primary N) is 1. The van der Waals surface area contributed by atoms with E-state index in [9.17, 15) is 4.79 Å². The number of pyridine rings is 1. The highest BCUT2D eigenvalue weighted by Crippen LogP contribution is 2.24. The number of carbonyl (C=O) groups is 1. The summed E-state index contributed by atoms with van der Waals surface area (Å²) in [4.78, 5) is 18.6. The lowest BCUT2D eigenvalue weighted by Gasteiger charge is -2.28. The molecule has 9 nitrogen and oxygen atoms in total. The fourth-order valence-electron chi connectivity index (χ4n) is 2.69. The summed E-state index contributed by atoms with van der Waals surface area (Å²) in [5.41, 5.74) is 6.51. The molecule has 3 aromatic rings. The zero-order valence-corrected chi connectivity index (χ0v) is 14.3. The Labute approximate surface area is 144 Å². The number of anilines is 1. The van der Waals surface area contributed by atoms with E-state index >= 15 is 0 Å². The van der Waals surface area contributed by atoms with Crippen LogP contribution in [0.1, 0.15) is 24.2 Å². The Morgan fingerprint density at radius 1 is 1.32 bits per heavy atom. The van der Waals surface area contributed by atoms with Crippen molar-refractivity contribution in [1.29, 1.82) is 0 Å². The molecule has 4 heterocycles. The van der Waals surface area contributed by atoms with E-state index in [0.29, 0.717) is 41.4 Å². The maximum atomic E-state index is 11.8. The van der Waals surface area contributed by atoms with Gasteiger partial charge in [0, 0.05) is 19.2 Å². The number of hydrogen-bond donors (Lipinski definition) is 2. The third-order valence-electron chi connectivity index (χ3n) is 3.84. The van der Waals surface area contributed by atoms with Gasteiger partial charge in [-0.25, -0.2) is 4.98 Å². The van der Waals surface area contributed by atoms with E-state index in [1.54, 1.807) is 29.2 Å². The number of nitrogens with one attached hydrogen (secondary N) is 1. The van der Waals surface area contributed by atoms with Crippen molar-refractivity contribution < 1.29 is 9.53 Å². The van der Waals surface area contributed by atoms with Crippen molar-refractivity contribution in [1.82, 2.24) is 25.0 Å². The Morgan fingerprint density at radius 3 is 2.72 bits per heavy atom. The van der Waals surface area contributed by atoms with E-state index in [1.807, 2.05) is 13.8 Å². The van der Waals surface area contributed by atoms with E-state index in [1.165, 1.54) is 0 Å². The third-order valence-corrected chi connectivity index (χ3v) is 3.84. The van der Waals surface area contributed by atoms with E-state index in [4.69, 9.17) is 10.5 Å². The van der Waals surface area contributed by atoms with Gasteiger partial charge >= 0.3 is 0 Å². The van der Waals surface area contributed by atoms with Crippen LogP contribution in [0.25, 0.3) is 16.9 Å². The standard InChI is InChI=1S/C14H15N7O2.C2H6/c15-13(22)9-7-12(20-3-5-23-6-4-20)18-14-10(9)8-17-21(14)11-1-2-16-19-11;1-2/h1-2,7-8H,3-6H2,(H2,15,22)(H,16,19);1-2H3. The molecule has 9 heteroatoms. The number of aromatic nitrogens is 5. The first kappa shape index (κ1) is 16.9. The van der Waals surface area contributed by atoms with Gasteiger partial charge in [0.25, 0.3) is 0 Å². The van der Waals surface area contributed by atoms with Crippen molar-refractivity contribution in [2.45, 2.75) is 13.8 Å². The first-order valence-electron chi connectivity index (χ1n) is 8.25. The number of ether oxygens (including phenoxy) is 1. The normalized spacial score (nSPS) is 14.2. The predicted molar refractivity (Wildman–Crippen MR) is 93.9 cm³/mol. The van der Waals surface area contributed by atoms with Crippen LogP contribution in [0, 0.1) is 0 Å². The van der Waals surface area contributed by atoms with Crippen LogP contribution in [-0.2, 0) is 4.74 Å². The predicted octanol–water partition coefficient (Wildman–Crippen LogP) is 1.11. The van der Waals surface area contributed by atoms with Crippen molar-refractivity contribution in [3.8, 4) is 5.82 Å². The highest BCUT2D eigenvalue weighted by molar-refractivity contribution is 6.05. The Balaban J connectivity index is 0.000000880. The molecule has 3 N–H and O–H groups in total. The summed E-state index contributed by atoms with van der Waals surface area (Å²) >= 11 is 0. The molecule has 0 aromatic carbocycles. The second kappa shape index (κ2) is 7.31. The van der Waals surface area contributed by atoms with Gasteiger partial charge in [-0.05, 0) is 6.07 Å². The van der Waals surface area contributed by atoms with Gasteiger partial charge in [-0.3, -0.25) is 9.89 Å². The lowest BCUT2D eigenvalue weighted by atomic mass is 10.1. The smallest absolute Gasteiger partial charge is 0.249 e. The number of primary amides is 1. The Kier molecular flexibility index (Phi) is 4.94. The zero-order valence-electron chi connectivity index (χ0n) is 14.3. The molecule has 1 aliphatic rings. The maximum absolute atomic E-state index is 11.8. The molecule has 0 saturated carbocycles. The number of fused-ring (bicyclic) bond motifs is 1. The molecule has 1 amide bonds. The average Bonchev–Trinajstić information content (AvgIpc) is 3.32. The first-order chi connectivity index (χ1) is 12.2. The molecule has 3 aromatic heterocycles. The fourth-order valence-corrected chi connectivity index (χ4v) is 2.69. The second-order valence-corrected chi connectivity index (χ2v) is 5.23. The van der Waals surface area contributed by atoms with Crippen LogP contribution in [0.2, 0.25) is 0 Å². The van der Waals surface area contributed by atoms with Gasteiger partial charge in [-0.2, -0.15) is 14.9 Å². The highest BCUT2D eigenvalue weighted by atomic mass is 16.5. The van der Waals surface area contributed by atoms with Gasteiger partial charge in [0.15, 0.2) is 11.5 Å². The molecule has 0 unspecified atom stereocenters. The Morgan fingerprint density at radius 2 is 2.08 bits per heavy atom. The topological polar surface area (TPSA) is 115 Å². The average molecular weight is 343 g/mol. The second-order valence-electron chi connectivity index (χ2n) is 5.23. The third kappa shape index (κ3) is 3.18. The van der Waals surface area contributed by atoms with Crippen LogP contribution < -0.4 is 10.6 Å². The van der Waals surface area contributed by atoms with Gasteiger partial charge in [0.1, 0.15) is 5.82 Å². The zero-order chi connectivity index (χ0) is 17.8. The largest absolute Gasteiger partial charge is 0.378 e. The quantitative estimate of drug-likeness (QED) is 0.736. The van der Waals surface area contributed by atoms with Crippen molar-refractivity contribution >= 4 is 22.8 Å². The highest BCUT2D eigenvalue weighted by Gasteiger charge is 2.20. The summed E-state index contributed by atoms with van der Waals surface area (Å²) in [5.74, 6) is 0.856. The number of rotatable bonds is 3. The molecular weight excluding hydrogens is 322 g/mol. The van der Waals surface area contributed by atoms with Crippen LogP contribution in [0.5, 0.6) is 0 Å². The van der Waals surface area contributed by atoms with Gasteiger partial charge < -0.3 is 15.4 Å². The van der Waals surface area contributed by atoms with Crippen LogP contribution in [-0.4, -0.2) is 57.2 Å². The number of aromatic amines is 1. The minimum atomic E-state index is -0.504. The molecule has 0 atom stereocenters. The van der Waals surface area contributed by atoms with Gasteiger partial charge in [0.2, 0.25) is 5.91 Å². The number of hydrogen-bond acceptors (Lipinski definition) is 6. The van der Waals surface area contributed by atoms with E-state index in [2.05, 4.69) is 25.2 Å². The van der Waals surface area contributed by atoms with Gasteiger partial charge in [0.05, 0.1) is 36.6 Å². The lowest BCUT2D eigenvalue weighted by molar-refractivity contribution is 0.100. The monoisotopic (exact) mass is 343 g/mol. The van der Waals surface area contributed by atoms with E-state index in [0.717, 1.165) is 13.1 Å². The first-order valence-corrected chi connectivity index (χ1v) is 8.25. The van der Waals surface area contributed by atoms with Crippen LogP contribution in [0.3, 0.4) is 0 Å². The minimum Gasteiger partial charge on any atom is -0.378 e. The number of amides is 1. The molecule has 1 fully saturated rings. The lowest BCUT2D eigenvalue weighted by Crippen LogP contribution is -2.37. The summed E-state index contributed by atoms with van der Waals surface area (Å²) in [5, 5.41) is 11.7. The van der Waals surface area contributed by atoms with Crippen molar-refractivity contribution in [3.63, 3.8) is 0 Å². The van der Waals surface area contributed by atoms with Crippen molar-refractivity contribution in [3.05, 3.63) is 30.1 Å². The summed E-state index contributed by atoms with van der Waals surface area (Å²) in [6, 6.07) is 3.49. The number of carbonyl (C=O) groups excluding carboxylic acids is 1. The molecule has 0 spiro atoms. The van der Waals surface area contributed by atoms with Gasteiger partial charge in [-0.1, -0.05) is 13.8 Å². The van der Waals surface area contributed by atoms with Gasteiger partial charge in [-0.15, -0.1) is 0 Å². The van der Waals surface area contributed by atoms with Crippen molar-refractivity contribution in [2.24, 2.45) is 5.73 Å². The molecule has 0 radical (unpaired) electrons. The number of H-pyrrole nitrogens is 1. The van der Waals surface area contributed by atoms with E-state index < -0.39 is 5.91 Å². The number of morpholine rings is 1. The number of nitrogens with zero attached hydrogens (tertiary/aromatic N) is 5. The Hall–Kier alpha value is -2.94. The van der Waals surface area contributed by atoms with Crippen LogP contribution >= 0.6 is 0 Å². The summed E-state index contributed by atoms with van der Waals surface area (Å²) in [7, 11) is 0. The molecule has 1 saturated heterocycles. The molecular formula is C16H21N7O2. The molecule has 25 heavy (non-hydrogen) atoms. The van der Waals surface area contributed by atoms with Crippen LogP contribution in [0.15, 0.2) is 24.5 Å². The maximum Gasteiger partial charge on any atom is 0.249 e. The fraction of sp³-hybridized carbons (Fsp3) is 0.375. The SMILES string of the molecule is CC.NC(=O)c1cc(N2CCOCC2)nc2c1cnn2-c1ccn[nH]1. The molecule has 0 bridgehead atoms. The summed E-state index contributed by atoms with van der Waals surface area (Å²) < 4.78 is 6.97. The van der Waals surface area contributed by atoms with Crippen molar-refractivity contribution in [2.75, 3.05) is 31.2 Å². The molecule has 132 valence electrons. The Bertz CT molecular complexity index is 851. The van der Waals surface area contributed by atoms with E-state index in [-0.39, 0.29) is 0 Å². The summed E-state index contributed by atoms with van der Waals surface area (Å²) in [6.07, 6.45) is 3.22. The molecule has 4 rings (SSSR count).